The third-order valence-corrected chi connectivity index (χ3v) is 4.69. The zero-order valence-corrected chi connectivity index (χ0v) is 14.4. The van der Waals surface area contributed by atoms with Crippen LogP contribution in [-0.4, -0.2) is 42.4 Å². The van der Waals surface area contributed by atoms with Crippen molar-refractivity contribution in [3.8, 4) is 0 Å². The summed E-state index contributed by atoms with van der Waals surface area (Å²) in [4.78, 5) is 33.2. The lowest BCUT2D eigenvalue weighted by Gasteiger charge is -2.07. The van der Waals surface area contributed by atoms with Crippen molar-refractivity contribution >= 4 is 33.5 Å². The third kappa shape index (κ3) is 4.39. The Hall–Kier alpha value is -3.34. The van der Waals surface area contributed by atoms with E-state index < -0.39 is 34.4 Å². The number of aryl methyl sites for hydroxylation is 1. The average molecular weight is 380 g/mol. The van der Waals surface area contributed by atoms with Gasteiger partial charge in [-0.05, 0) is 30.3 Å². The van der Waals surface area contributed by atoms with Gasteiger partial charge in [0.05, 0.1) is 0 Å². The Morgan fingerprint density at radius 1 is 1.19 bits per heavy atom. The van der Waals surface area contributed by atoms with Crippen molar-refractivity contribution in [3.05, 3.63) is 47.8 Å². The van der Waals surface area contributed by atoms with Crippen LogP contribution in [-0.2, 0) is 21.9 Å². The highest BCUT2D eigenvalue weighted by Gasteiger charge is 2.19. The number of nitrogens with two attached hydrogens (primary N) is 1. The summed E-state index contributed by atoms with van der Waals surface area (Å²) < 4.78 is 28.3. The van der Waals surface area contributed by atoms with Gasteiger partial charge < -0.3 is 20.7 Å². The fourth-order valence-corrected chi connectivity index (χ4v) is 3.22. The van der Waals surface area contributed by atoms with Crippen molar-refractivity contribution in [1.82, 2.24) is 9.88 Å². The SMILES string of the molecule is Cn1cc(S(=O)(=O)Nc2ccc(C(=O)NCC(=O)O)cc2)cc1C(N)=O. The number of amides is 2. The van der Waals surface area contributed by atoms with E-state index in [1.165, 1.54) is 42.1 Å². The van der Waals surface area contributed by atoms with E-state index in [0.717, 1.165) is 6.07 Å². The van der Waals surface area contributed by atoms with Gasteiger partial charge >= 0.3 is 5.97 Å². The number of sulfonamides is 1. The molecule has 0 fully saturated rings. The van der Waals surface area contributed by atoms with E-state index in [1.54, 1.807) is 0 Å². The summed E-state index contributed by atoms with van der Waals surface area (Å²) in [5.41, 5.74) is 5.56. The zero-order chi connectivity index (χ0) is 19.5. The first-order valence-electron chi connectivity index (χ1n) is 7.19. The number of carboxylic acid groups (broad SMARTS) is 1. The first-order chi connectivity index (χ1) is 12.1. The number of hydrogen-bond acceptors (Lipinski definition) is 5. The first kappa shape index (κ1) is 19.0. The van der Waals surface area contributed by atoms with Crippen molar-refractivity contribution in [2.45, 2.75) is 4.90 Å². The van der Waals surface area contributed by atoms with Gasteiger partial charge in [0.25, 0.3) is 21.8 Å². The van der Waals surface area contributed by atoms with Crippen LogP contribution in [0.3, 0.4) is 0 Å². The molecular weight excluding hydrogens is 364 g/mol. The maximum absolute atomic E-state index is 12.4. The van der Waals surface area contributed by atoms with Gasteiger partial charge in [-0.25, -0.2) is 8.42 Å². The molecule has 0 atom stereocenters. The average Bonchev–Trinajstić information content (AvgIpc) is 2.96. The fraction of sp³-hybridized carbons (Fsp3) is 0.133. The van der Waals surface area contributed by atoms with Crippen molar-refractivity contribution in [1.29, 1.82) is 0 Å². The molecule has 26 heavy (non-hydrogen) atoms. The fourth-order valence-electron chi connectivity index (χ4n) is 2.09. The predicted molar refractivity (Wildman–Crippen MR) is 91.2 cm³/mol. The van der Waals surface area contributed by atoms with Crippen LogP contribution < -0.4 is 15.8 Å². The monoisotopic (exact) mass is 380 g/mol. The molecule has 0 radical (unpaired) electrons. The molecule has 0 saturated carbocycles. The molecule has 1 aromatic heterocycles. The third-order valence-electron chi connectivity index (χ3n) is 3.34. The van der Waals surface area contributed by atoms with Crippen LogP contribution in [0.25, 0.3) is 0 Å². The molecule has 1 heterocycles. The summed E-state index contributed by atoms with van der Waals surface area (Å²) in [6.07, 6.45) is 1.25. The smallest absolute Gasteiger partial charge is 0.322 e. The normalized spacial score (nSPS) is 11.0. The zero-order valence-electron chi connectivity index (χ0n) is 13.6. The highest BCUT2D eigenvalue weighted by molar-refractivity contribution is 7.92. The molecule has 0 saturated heterocycles. The second kappa shape index (κ2) is 7.27. The van der Waals surface area contributed by atoms with Gasteiger partial charge in [-0.15, -0.1) is 0 Å². The molecule has 0 aliphatic carbocycles. The Labute approximate surface area is 148 Å². The Balaban J connectivity index is 2.15. The van der Waals surface area contributed by atoms with Crippen molar-refractivity contribution in [2.24, 2.45) is 12.8 Å². The number of carbonyl (C=O) groups is 3. The van der Waals surface area contributed by atoms with Crippen LogP contribution in [0, 0.1) is 0 Å². The van der Waals surface area contributed by atoms with Gasteiger partial charge in [-0.2, -0.15) is 0 Å². The standard InChI is InChI=1S/C15H16N4O6S/c1-19-8-11(6-12(19)14(16)22)26(24,25)18-10-4-2-9(3-5-10)15(23)17-7-13(20)21/h2-6,8,18H,7H2,1H3,(H2,16,22)(H,17,23)(H,20,21). The van der Waals surface area contributed by atoms with Crippen LogP contribution >= 0.6 is 0 Å². The number of rotatable bonds is 7. The summed E-state index contributed by atoms with van der Waals surface area (Å²) >= 11 is 0. The maximum atomic E-state index is 12.4. The Bertz CT molecular complexity index is 963. The molecule has 5 N–H and O–H groups in total. The van der Waals surface area contributed by atoms with E-state index in [9.17, 15) is 22.8 Å². The Morgan fingerprint density at radius 2 is 1.81 bits per heavy atom. The number of nitrogens with zero attached hydrogens (tertiary/aromatic N) is 1. The molecule has 138 valence electrons. The van der Waals surface area contributed by atoms with Gasteiger partial charge in [-0.3, -0.25) is 19.1 Å². The topological polar surface area (TPSA) is 161 Å². The van der Waals surface area contributed by atoms with E-state index in [1.807, 2.05) is 0 Å². The van der Waals surface area contributed by atoms with Crippen LogP contribution in [0.1, 0.15) is 20.8 Å². The molecular formula is C15H16N4O6S. The van der Waals surface area contributed by atoms with Crippen LogP contribution in [0.4, 0.5) is 5.69 Å². The van der Waals surface area contributed by atoms with E-state index in [2.05, 4.69) is 10.0 Å². The van der Waals surface area contributed by atoms with E-state index in [4.69, 9.17) is 10.8 Å². The number of carbonyl (C=O) groups excluding carboxylic acids is 2. The van der Waals surface area contributed by atoms with Crippen molar-refractivity contribution in [3.63, 3.8) is 0 Å². The Kier molecular flexibility index (Phi) is 5.31. The van der Waals surface area contributed by atoms with Crippen LogP contribution in [0.15, 0.2) is 41.4 Å². The van der Waals surface area contributed by atoms with Gasteiger partial charge in [0.15, 0.2) is 0 Å². The van der Waals surface area contributed by atoms with E-state index in [0.29, 0.717) is 0 Å². The molecule has 0 spiro atoms. The summed E-state index contributed by atoms with van der Waals surface area (Å²) in [7, 11) is -2.47. The molecule has 2 aromatic rings. The van der Waals surface area contributed by atoms with E-state index >= 15 is 0 Å². The highest BCUT2D eigenvalue weighted by atomic mass is 32.2. The minimum Gasteiger partial charge on any atom is -0.480 e. The number of hydrogen-bond donors (Lipinski definition) is 4. The van der Waals surface area contributed by atoms with Crippen molar-refractivity contribution < 1.29 is 27.9 Å². The summed E-state index contributed by atoms with van der Waals surface area (Å²) in [5.74, 6) is -2.54. The number of primary amides is 1. The van der Waals surface area contributed by atoms with E-state index in [-0.39, 0.29) is 21.8 Å². The number of carboxylic acids is 1. The maximum Gasteiger partial charge on any atom is 0.322 e. The number of anilines is 1. The summed E-state index contributed by atoms with van der Waals surface area (Å²) in [6.45, 7) is -0.524. The van der Waals surface area contributed by atoms with Crippen LogP contribution in [0.5, 0.6) is 0 Å². The number of nitrogens with one attached hydrogen (secondary N) is 2. The molecule has 10 nitrogen and oxygen atoms in total. The first-order valence-corrected chi connectivity index (χ1v) is 8.67. The highest BCUT2D eigenvalue weighted by Crippen LogP contribution is 2.18. The van der Waals surface area contributed by atoms with Gasteiger partial charge in [0.1, 0.15) is 17.1 Å². The largest absolute Gasteiger partial charge is 0.480 e. The quantitative estimate of drug-likeness (QED) is 0.517. The lowest BCUT2D eigenvalue weighted by Crippen LogP contribution is -2.29. The number of aliphatic carboxylic acids is 1. The lowest BCUT2D eigenvalue weighted by atomic mass is 10.2. The minimum atomic E-state index is -3.96. The second-order valence-corrected chi connectivity index (χ2v) is 6.98. The van der Waals surface area contributed by atoms with Gasteiger partial charge in [-0.1, -0.05) is 0 Å². The molecule has 0 bridgehead atoms. The van der Waals surface area contributed by atoms with Crippen LogP contribution in [0.2, 0.25) is 0 Å². The minimum absolute atomic E-state index is 0.0378. The second-order valence-electron chi connectivity index (χ2n) is 5.30. The van der Waals surface area contributed by atoms with Gasteiger partial charge in [0.2, 0.25) is 0 Å². The van der Waals surface area contributed by atoms with Gasteiger partial charge in [0, 0.05) is 24.5 Å². The number of benzene rings is 1. The summed E-state index contributed by atoms with van der Waals surface area (Å²) in [6, 6.07) is 6.54. The molecule has 11 heteroatoms. The number of aromatic nitrogens is 1. The lowest BCUT2D eigenvalue weighted by molar-refractivity contribution is -0.135. The van der Waals surface area contributed by atoms with Crippen molar-refractivity contribution in [2.75, 3.05) is 11.3 Å². The molecule has 0 aliphatic rings. The predicted octanol–water partition coefficient (Wildman–Crippen LogP) is -0.261. The molecule has 2 amide bonds. The Morgan fingerprint density at radius 3 is 2.31 bits per heavy atom. The molecule has 0 aliphatic heterocycles. The molecule has 2 rings (SSSR count). The summed E-state index contributed by atoms with van der Waals surface area (Å²) in [5, 5.41) is 10.7. The molecule has 0 unspecified atom stereocenters. The molecule has 1 aromatic carbocycles.